The second-order valence-corrected chi connectivity index (χ2v) is 6.57. The molecule has 1 aliphatic heterocycles. The molecule has 144 valence electrons. The lowest BCUT2D eigenvalue weighted by molar-refractivity contribution is 0.0746. The van der Waals surface area contributed by atoms with Gasteiger partial charge in [-0.1, -0.05) is 12.1 Å². The highest BCUT2D eigenvalue weighted by Crippen LogP contribution is 2.28. The molecule has 0 saturated carbocycles. The number of aromatic nitrogens is 2. The molecule has 0 N–H and O–H groups in total. The van der Waals surface area contributed by atoms with E-state index in [2.05, 4.69) is 9.88 Å². The zero-order chi connectivity index (χ0) is 19.5. The van der Waals surface area contributed by atoms with Crippen molar-refractivity contribution in [1.29, 1.82) is 0 Å². The largest absolute Gasteiger partial charge is 0.493 e. The summed E-state index contributed by atoms with van der Waals surface area (Å²) in [5.74, 6) is 2.00. The summed E-state index contributed by atoms with van der Waals surface area (Å²) in [6.07, 6.45) is 1.80. The molecule has 1 aromatic heterocycles. The molecule has 1 amide bonds. The van der Waals surface area contributed by atoms with Crippen molar-refractivity contribution in [3.8, 4) is 11.5 Å². The average Bonchev–Trinajstić information content (AvgIpc) is 2.77. The van der Waals surface area contributed by atoms with E-state index in [0.29, 0.717) is 43.2 Å². The third kappa shape index (κ3) is 3.43. The van der Waals surface area contributed by atoms with Gasteiger partial charge >= 0.3 is 0 Å². The van der Waals surface area contributed by atoms with Crippen LogP contribution in [0.3, 0.4) is 0 Å². The molecule has 7 heteroatoms. The monoisotopic (exact) mass is 378 g/mol. The number of fused-ring (bicyclic) bond motifs is 1. The summed E-state index contributed by atoms with van der Waals surface area (Å²) in [6.45, 7) is 2.68. The van der Waals surface area contributed by atoms with Gasteiger partial charge in [-0.15, -0.1) is 0 Å². The number of amides is 1. The van der Waals surface area contributed by atoms with Gasteiger partial charge < -0.3 is 19.3 Å². The van der Waals surface area contributed by atoms with Gasteiger partial charge in [-0.25, -0.2) is 4.98 Å². The molecule has 2 heterocycles. The van der Waals surface area contributed by atoms with Gasteiger partial charge in [0.15, 0.2) is 11.5 Å². The molecule has 2 aromatic carbocycles. The Morgan fingerprint density at radius 1 is 0.929 bits per heavy atom. The molecule has 1 saturated heterocycles. The summed E-state index contributed by atoms with van der Waals surface area (Å²) >= 11 is 0. The fraction of sp³-hybridized carbons (Fsp3) is 0.286. The van der Waals surface area contributed by atoms with Gasteiger partial charge in [0, 0.05) is 31.7 Å². The van der Waals surface area contributed by atoms with Crippen LogP contribution in [-0.4, -0.2) is 61.2 Å². The number of hydrogen-bond donors (Lipinski definition) is 0. The molecule has 0 spiro atoms. The summed E-state index contributed by atoms with van der Waals surface area (Å²) in [5.41, 5.74) is 2.36. The molecule has 0 atom stereocenters. The topological polar surface area (TPSA) is 67.8 Å². The van der Waals surface area contributed by atoms with Gasteiger partial charge in [0.2, 0.25) is 0 Å². The molecule has 7 nitrogen and oxygen atoms in total. The first-order valence-corrected chi connectivity index (χ1v) is 9.17. The molecular weight excluding hydrogens is 356 g/mol. The van der Waals surface area contributed by atoms with E-state index in [9.17, 15) is 4.79 Å². The molecule has 1 aliphatic rings. The highest BCUT2D eigenvalue weighted by Gasteiger charge is 2.24. The van der Waals surface area contributed by atoms with Crippen LogP contribution >= 0.6 is 0 Å². The van der Waals surface area contributed by atoms with Crippen LogP contribution < -0.4 is 14.4 Å². The molecular formula is C21H22N4O3. The van der Waals surface area contributed by atoms with Crippen molar-refractivity contribution in [3.63, 3.8) is 0 Å². The molecule has 3 aromatic rings. The zero-order valence-electron chi connectivity index (χ0n) is 16.0. The lowest BCUT2D eigenvalue weighted by Gasteiger charge is -2.35. The van der Waals surface area contributed by atoms with Crippen molar-refractivity contribution in [2.75, 3.05) is 45.3 Å². The second-order valence-electron chi connectivity index (χ2n) is 6.57. The Hall–Kier alpha value is -3.35. The number of benzene rings is 2. The molecule has 28 heavy (non-hydrogen) atoms. The Bertz CT molecular complexity index is 1000. The first-order chi connectivity index (χ1) is 13.7. The lowest BCUT2D eigenvalue weighted by atomic mass is 10.1. The molecule has 0 aliphatic carbocycles. The van der Waals surface area contributed by atoms with Crippen molar-refractivity contribution in [1.82, 2.24) is 14.9 Å². The van der Waals surface area contributed by atoms with Gasteiger partial charge in [0.25, 0.3) is 5.91 Å². The average molecular weight is 378 g/mol. The predicted octanol–water partition coefficient (Wildman–Crippen LogP) is 2.61. The number of carbonyl (C=O) groups is 1. The van der Waals surface area contributed by atoms with Crippen molar-refractivity contribution < 1.29 is 14.3 Å². The molecule has 1 fully saturated rings. The fourth-order valence-corrected chi connectivity index (χ4v) is 3.39. The maximum Gasteiger partial charge on any atom is 0.254 e. The molecule has 0 unspecified atom stereocenters. The number of anilines is 1. The van der Waals surface area contributed by atoms with E-state index >= 15 is 0 Å². The van der Waals surface area contributed by atoms with E-state index in [1.807, 2.05) is 29.2 Å². The maximum atomic E-state index is 12.9. The van der Waals surface area contributed by atoms with E-state index in [1.165, 1.54) is 0 Å². The van der Waals surface area contributed by atoms with Gasteiger partial charge in [-0.3, -0.25) is 9.78 Å². The maximum absolute atomic E-state index is 12.9. The van der Waals surface area contributed by atoms with Crippen molar-refractivity contribution in [3.05, 3.63) is 54.2 Å². The van der Waals surface area contributed by atoms with Crippen LogP contribution in [0, 0.1) is 0 Å². The summed E-state index contributed by atoms with van der Waals surface area (Å²) in [4.78, 5) is 26.1. The molecule has 4 rings (SSSR count). The Morgan fingerprint density at radius 2 is 1.64 bits per heavy atom. The number of para-hydroxylation sites is 2. The standard InChI is InChI=1S/C21H22N4O3/c1-27-18-8-7-15(13-19(18)28-2)21(26)25-11-9-24(10-12-25)20-14-22-16-5-3-4-6-17(16)23-20/h3-8,13-14H,9-12H2,1-2H3. The van der Waals surface area contributed by atoms with Crippen molar-refractivity contribution in [2.45, 2.75) is 0 Å². The van der Waals surface area contributed by atoms with E-state index in [-0.39, 0.29) is 5.91 Å². The van der Waals surface area contributed by atoms with Crippen LogP contribution in [0.1, 0.15) is 10.4 Å². The van der Waals surface area contributed by atoms with E-state index < -0.39 is 0 Å². The first-order valence-electron chi connectivity index (χ1n) is 9.17. The van der Waals surface area contributed by atoms with Crippen LogP contribution in [0.15, 0.2) is 48.7 Å². The SMILES string of the molecule is COc1ccc(C(=O)N2CCN(c3cnc4ccccc4n3)CC2)cc1OC. The number of rotatable bonds is 4. The number of carbonyl (C=O) groups excluding carboxylic acids is 1. The van der Waals surface area contributed by atoms with Gasteiger partial charge in [0.05, 0.1) is 31.4 Å². The smallest absolute Gasteiger partial charge is 0.254 e. The fourth-order valence-electron chi connectivity index (χ4n) is 3.39. The third-order valence-corrected chi connectivity index (χ3v) is 4.96. The minimum absolute atomic E-state index is 0.00908. The second kappa shape index (κ2) is 7.72. The predicted molar refractivity (Wildman–Crippen MR) is 107 cm³/mol. The van der Waals surface area contributed by atoms with Crippen molar-refractivity contribution >= 4 is 22.8 Å². The Balaban J connectivity index is 1.45. The minimum atomic E-state index is -0.00908. The number of ether oxygens (including phenoxy) is 2. The normalized spacial score (nSPS) is 14.2. The van der Waals surface area contributed by atoms with Gasteiger partial charge in [-0.2, -0.15) is 0 Å². The third-order valence-electron chi connectivity index (χ3n) is 4.96. The summed E-state index contributed by atoms with van der Waals surface area (Å²) in [5, 5.41) is 0. The van der Waals surface area contributed by atoms with Crippen LogP contribution in [0.25, 0.3) is 11.0 Å². The number of methoxy groups -OCH3 is 2. The van der Waals surface area contributed by atoms with Crippen LogP contribution in [0.2, 0.25) is 0 Å². The Morgan fingerprint density at radius 3 is 2.36 bits per heavy atom. The molecule has 0 bridgehead atoms. The van der Waals surface area contributed by atoms with E-state index in [1.54, 1.807) is 38.6 Å². The highest BCUT2D eigenvalue weighted by molar-refractivity contribution is 5.95. The number of piperazine rings is 1. The summed E-state index contributed by atoms with van der Waals surface area (Å²) < 4.78 is 10.5. The van der Waals surface area contributed by atoms with E-state index in [0.717, 1.165) is 16.9 Å². The first kappa shape index (κ1) is 18.0. The minimum Gasteiger partial charge on any atom is -0.493 e. The lowest BCUT2D eigenvalue weighted by Crippen LogP contribution is -2.49. The van der Waals surface area contributed by atoms with Gasteiger partial charge in [0.1, 0.15) is 5.82 Å². The Kier molecular flexibility index (Phi) is 4.97. The summed E-state index contributed by atoms with van der Waals surface area (Å²) in [7, 11) is 3.14. The Labute approximate surface area is 163 Å². The van der Waals surface area contributed by atoms with Gasteiger partial charge in [-0.05, 0) is 30.3 Å². The van der Waals surface area contributed by atoms with Crippen LogP contribution in [0.4, 0.5) is 5.82 Å². The van der Waals surface area contributed by atoms with Crippen LogP contribution in [0.5, 0.6) is 11.5 Å². The number of nitrogens with zero attached hydrogens (tertiary/aromatic N) is 4. The zero-order valence-corrected chi connectivity index (χ0v) is 16.0. The molecule has 0 radical (unpaired) electrons. The van der Waals surface area contributed by atoms with E-state index in [4.69, 9.17) is 14.5 Å². The van der Waals surface area contributed by atoms with Crippen molar-refractivity contribution in [2.24, 2.45) is 0 Å². The quantitative estimate of drug-likeness (QED) is 0.695. The highest BCUT2D eigenvalue weighted by atomic mass is 16.5. The number of hydrogen-bond acceptors (Lipinski definition) is 6. The summed E-state index contributed by atoms with van der Waals surface area (Å²) in [6, 6.07) is 13.1. The van der Waals surface area contributed by atoms with Crippen LogP contribution in [-0.2, 0) is 0 Å².